The third-order valence-electron chi connectivity index (χ3n) is 3.68. The number of likely N-dealkylation sites (tertiary alicyclic amines) is 1. The van der Waals surface area contributed by atoms with Gasteiger partial charge in [0.05, 0.1) is 22.5 Å². The third-order valence-corrected chi connectivity index (χ3v) is 4.77. The summed E-state index contributed by atoms with van der Waals surface area (Å²) in [7, 11) is 4.06. The Morgan fingerprint density at radius 3 is 2.90 bits per heavy atom. The van der Waals surface area contributed by atoms with Crippen LogP contribution in [0.25, 0.3) is 10.3 Å². The number of fused-ring (bicyclic) bond motifs is 1. The van der Waals surface area contributed by atoms with Gasteiger partial charge in [-0.2, -0.15) is 5.10 Å². The lowest BCUT2D eigenvalue weighted by Gasteiger charge is -2.19. The third kappa shape index (κ3) is 2.41. The average Bonchev–Trinajstić information content (AvgIpc) is 3.01. The first kappa shape index (κ1) is 13.8. The number of ether oxygens (including phenoxy) is 1. The summed E-state index contributed by atoms with van der Waals surface area (Å²) in [5.74, 6) is 0. The highest BCUT2D eigenvalue weighted by Crippen LogP contribution is 2.29. The number of hydrogen-bond acceptors (Lipinski definition) is 6. The van der Waals surface area contributed by atoms with Crippen LogP contribution in [0.4, 0.5) is 5.13 Å². The van der Waals surface area contributed by atoms with Gasteiger partial charge in [0.15, 0.2) is 10.8 Å². The normalized spacial score (nSPS) is 23.8. The van der Waals surface area contributed by atoms with Crippen LogP contribution >= 0.6 is 11.3 Å². The van der Waals surface area contributed by atoms with Crippen LogP contribution in [0.15, 0.2) is 0 Å². The van der Waals surface area contributed by atoms with Gasteiger partial charge >= 0.3 is 0 Å². The number of thiazole rings is 1. The number of aromatic nitrogens is 3. The molecule has 1 N–H and O–H groups in total. The molecule has 0 unspecified atom stereocenters. The van der Waals surface area contributed by atoms with E-state index in [-0.39, 0.29) is 6.10 Å². The van der Waals surface area contributed by atoms with Gasteiger partial charge in [-0.3, -0.25) is 0 Å². The van der Waals surface area contributed by atoms with E-state index in [0.29, 0.717) is 6.04 Å². The molecule has 1 aliphatic heterocycles. The summed E-state index contributed by atoms with van der Waals surface area (Å²) in [4.78, 5) is 6.94. The Bertz CT molecular complexity index is 573. The molecule has 0 aromatic carbocycles. The van der Waals surface area contributed by atoms with E-state index in [0.717, 1.165) is 40.9 Å². The van der Waals surface area contributed by atoms with Gasteiger partial charge in [0.2, 0.25) is 0 Å². The van der Waals surface area contributed by atoms with E-state index in [9.17, 15) is 0 Å². The van der Waals surface area contributed by atoms with Crippen LogP contribution in [0, 0.1) is 6.92 Å². The number of rotatable bonds is 4. The first-order valence-electron chi connectivity index (χ1n) is 6.95. The maximum Gasteiger partial charge on any atom is 0.185 e. The minimum Gasteiger partial charge on any atom is -0.375 e. The molecule has 1 fully saturated rings. The van der Waals surface area contributed by atoms with E-state index in [4.69, 9.17) is 4.74 Å². The molecule has 20 heavy (non-hydrogen) atoms. The van der Waals surface area contributed by atoms with Gasteiger partial charge < -0.3 is 15.0 Å². The van der Waals surface area contributed by atoms with Crippen LogP contribution in [0.2, 0.25) is 0 Å². The lowest BCUT2D eigenvalue weighted by molar-refractivity contribution is 0.0653. The summed E-state index contributed by atoms with van der Waals surface area (Å²) < 4.78 is 8.82. The molecule has 0 spiro atoms. The molecule has 2 aromatic heterocycles. The smallest absolute Gasteiger partial charge is 0.185 e. The van der Waals surface area contributed by atoms with Crippen molar-refractivity contribution in [2.45, 2.75) is 26.0 Å². The van der Waals surface area contributed by atoms with Crippen molar-refractivity contribution in [1.82, 2.24) is 19.7 Å². The highest BCUT2D eigenvalue weighted by atomic mass is 32.1. The van der Waals surface area contributed by atoms with Gasteiger partial charge in [0.25, 0.3) is 0 Å². The molecular weight excluding hydrogens is 274 g/mol. The van der Waals surface area contributed by atoms with Crippen molar-refractivity contribution in [2.75, 3.05) is 32.1 Å². The lowest BCUT2D eigenvalue weighted by Crippen LogP contribution is -2.34. The molecule has 7 heteroatoms. The molecule has 0 saturated carbocycles. The molecule has 3 heterocycles. The Kier molecular flexibility index (Phi) is 3.66. The van der Waals surface area contributed by atoms with E-state index in [1.54, 1.807) is 11.3 Å². The standard InChI is InChI=1S/C13H21N5OS/c1-5-19-10-7-17(3)6-9(10)14-13-15-12-11(20-13)8(2)16-18(12)4/h9-10H,5-7H2,1-4H3,(H,14,15)/t9-,10-/m1/s1. The van der Waals surface area contributed by atoms with Crippen molar-refractivity contribution in [1.29, 1.82) is 0 Å². The van der Waals surface area contributed by atoms with Crippen LogP contribution in [0.3, 0.4) is 0 Å². The molecule has 0 bridgehead atoms. The number of hydrogen-bond donors (Lipinski definition) is 1. The molecule has 1 aliphatic rings. The zero-order chi connectivity index (χ0) is 14.3. The topological polar surface area (TPSA) is 55.2 Å². The summed E-state index contributed by atoms with van der Waals surface area (Å²) in [5.41, 5.74) is 1.99. The Labute approximate surface area is 122 Å². The number of nitrogens with one attached hydrogen (secondary N) is 1. The fourth-order valence-electron chi connectivity index (χ4n) is 2.79. The maximum atomic E-state index is 5.82. The fourth-order valence-corrected chi connectivity index (χ4v) is 3.78. The van der Waals surface area contributed by atoms with E-state index >= 15 is 0 Å². The molecule has 6 nitrogen and oxygen atoms in total. The maximum absolute atomic E-state index is 5.82. The van der Waals surface area contributed by atoms with Gasteiger partial charge in [0.1, 0.15) is 0 Å². The second-order valence-corrected chi connectivity index (χ2v) is 6.35. The lowest BCUT2D eigenvalue weighted by atomic mass is 10.2. The van der Waals surface area contributed by atoms with E-state index in [2.05, 4.69) is 27.3 Å². The second-order valence-electron chi connectivity index (χ2n) is 5.35. The van der Waals surface area contributed by atoms with Crippen LogP contribution in [0.1, 0.15) is 12.6 Å². The van der Waals surface area contributed by atoms with E-state index in [1.807, 2.05) is 25.6 Å². The summed E-state index contributed by atoms with van der Waals surface area (Å²) in [6.45, 7) is 6.77. The minimum atomic E-state index is 0.233. The summed E-state index contributed by atoms with van der Waals surface area (Å²) >= 11 is 1.67. The second kappa shape index (κ2) is 5.31. The monoisotopic (exact) mass is 295 g/mol. The molecule has 2 aromatic rings. The van der Waals surface area contributed by atoms with Gasteiger partial charge in [0, 0.05) is 26.7 Å². The van der Waals surface area contributed by atoms with Gasteiger partial charge in [-0.1, -0.05) is 11.3 Å². The molecule has 2 atom stereocenters. The average molecular weight is 295 g/mol. The summed E-state index contributed by atoms with van der Waals surface area (Å²) in [5, 5.41) is 8.88. The van der Waals surface area contributed by atoms with Crippen molar-refractivity contribution in [3.63, 3.8) is 0 Å². The highest BCUT2D eigenvalue weighted by molar-refractivity contribution is 7.22. The van der Waals surface area contributed by atoms with Crippen molar-refractivity contribution < 1.29 is 4.74 Å². The van der Waals surface area contributed by atoms with Gasteiger partial charge in [-0.15, -0.1) is 0 Å². The van der Waals surface area contributed by atoms with E-state index < -0.39 is 0 Å². The predicted octanol–water partition coefficient (Wildman–Crippen LogP) is 1.47. The zero-order valence-corrected chi connectivity index (χ0v) is 13.2. The zero-order valence-electron chi connectivity index (χ0n) is 12.4. The molecule has 0 aliphatic carbocycles. The molecule has 0 radical (unpaired) electrons. The van der Waals surface area contributed by atoms with Crippen molar-refractivity contribution >= 4 is 26.8 Å². The predicted molar refractivity (Wildman–Crippen MR) is 81.4 cm³/mol. The van der Waals surface area contributed by atoms with Crippen LogP contribution < -0.4 is 5.32 Å². The number of aryl methyl sites for hydroxylation is 2. The van der Waals surface area contributed by atoms with Crippen molar-refractivity contribution in [2.24, 2.45) is 7.05 Å². The quantitative estimate of drug-likeness (QED) is 0.925. The summed E-state index contributed by atoms with van der Waals surface area (Å²) in [6.07, 6.45) is 0.233. The Morgan fingerprint density at radius 1 is 1.40 bits per heavy atom. The van der Waals surface area contributed by atoms with E-state index in [1.165, 1.54) is 0 Å². The number of nitrogens with zero attached hydrogens (tertiary/aromatic N) is 4. The molecule has 3 rings (SSSR count). The van der Waals surface area contributed by atoms with Crippen LogP contribution in [-0.2, 0) is 11.8 Å². The largest absolute Gasteiger partial charge is 0.375 e. The molecule has 1 saturated heterocycles. The minimum absolute atomic E-state index is 0.233. The molecule has 110 valence electrons. The first-order chi connectivity index (χ1) is 9.58. The van der Waals surface area contributed by atoms with Crippen LogP contribution in [0.5, 0.6) is 0 Å². The number of likely N-dealkylation sites (N-methyl/N-ethyl adjacent to an activating group) is 1. The van der Waals surface area contributed by atoms with Gasteiger partial charge in [-0.25, -0.2) is 9.67 Å². The Hall–Kier alpha value is -1.18. The Morgan fingerprint density at radius 2 is 2.20 bits per heavy atom. The Balaban J connectivity index is 1.80. The SMILES string of the molecule is CCO[C@@H]1CN(C)C[C@H]1Nc1nc2c(s1)c(C)nn2C. The van der Waals surface area contributed by atoms with Gasteiger partial charge in [-0.05, 0) is 20.9 Å². The van der Waals surface area contributed by atoms with Crippen LogP contribution in [-0.4, -0.2) is 58.6 Å². The summed E-state index contributed by atoms with van der Waals surface area (Å²) in [6, 6.07) is 0.300. The van der Waals surface area contributed by atoms with Crippen molar-refractivity contribution in [3.8, 4) is 0 Å². The molecule has 0 amide bonds. The van der Waals surface area contributed by atoms with Crippen molar-refractivity contribution in [3.05, 3.63) is 5.69 Å². The molecular formula is C13H21N5OS. The highest BCUT2D eigenvalue weighted by Gasteiger charge is 2.32. The first-order valence-corrected chi connectivity index (χ1v) is 7.77. The fraction of sp³-hybridized carbons (Fsp3) is 0.692. The number of anilines is 1.